The lowest BCUT2D eigenvalue weighted by molar-refractivity contribution is -0.384. The van der Waals surface area contributed by atoms with Crippen LogP contribution in [0.5, 0.6) is 0 Å². The number of carbonyl (C=O) groups excluding carboxylic acids is 1. The predicted molar refractivity (Wildman–Crippen MR) is 85.0 cm³/mol. The zero-order valence-electron chi connectivity index (χ0n) is 13.1. The number of thiazole rings is 1. The zero-order valence-corrected chi connectivity index (χ0v) is 13.9. The van der Waals surface area contributed by atoms with Crippen LogP contribution in [0.15, 0.2) is 34.8 Å². The van der Waals surface area contributed by atoms with Crippen LogP contribution in [0.3, 0.4) is 0 Å². The molecule has 0 spiro atoms. The Labute approximate surface area is 143 Å². The van der Waals surface area contributed by atoms with Crippen LogP contribution in [0.1, 0.15) is 12.5 Å². The lowest BCUT2D eigenvalue weighted by Gasteiger charge is -2.13. The quantitative estimate of drug-likeness (QED) is 0.658. The lowest BCUT2D eigenvalue weighted by atomic mass is 10.1. The van der Waals surface area contributed by atoms with Gasteiger partial charge in [0.1, 0.15) is 11.7 Å². The van der Waals surface area contributed by atoms with E-state index in [0.717, 1.165) is 6.07 Å². The monoisotopic (exact) mass is 374 g/mol. The number of hydrogen-bond donors (Lipinski definition) is 1. The first-order valence-electron chi connectivity index (χ1n) is 6.90. The number of nitro benzene ring substituents is 1. The standard InChI is InChI=1S/C14H13F3N4O3S/c1-8(12(22)19-13-20(2)5-6-25-13)18-10-4-3-9(14(15,16)17)7-11(10)21(23)24/h3-8,18H,1-2H3/t8-/m0/s1. The van der Waals surface area contributed by atoms with Crippen molar-refractivity contribution in [3.63, 3.8) is 0 Å². The van der Waals surface area contributed by atoms with Crippen molar-refractivity contribution in [2.24, 2.45) is 12.0 Å². The number of halogens is 3. The van der Waals surface area contributed by atoms with Gasteiger partial charge in [-0.2, -0.15) is 18.2 Å². The van der Waals surface area contributed by atoms with E-state index in [-0.39, 0.29) is 5.69 Å². The Kier molecular flexibility index (Phi) is 5.26. The van der Waals surface area contributed by atoms with E-state index in [1.807, 2.05) is 0 Å². The van der Waals surface area contributed by atoms with E-state index in [0.29, 0.717) is 16.9 Å². The van der Waals surface area contributed by atoms with Gasteiger partial charge in [-0.3, -0.25) is 14.9 Å². The van der Waals surface area contributed by atoms with Crippen molar-refractivity contribution in [3.8, 4) is 0 Å². The fourth-order valence-corrected chi connectivity index (χ4v) is 2.64. The highest BCUT2D eigenvalue weighted by Gasteiger charge is 2.33. The fraction of sp³-hybridized carbons (Fsp3) is 0.286. The van der Waals surface area contributed by atoms with Crippen LogP contribution in [0, 0.1) is 10.1 Å². The topological polar surface area (TPSA) is 89.5 Å². The van der Waals surface area contributed by atoms with Crippen LogP contribution < -0.4 is 10.1 Å². The van der Waals surface area contributed by atoms with Gasteiger partial charge in [0.25, 0.3) is 11.6 Å². The molecule has 1 amide bonds. The van der Waals surface area contributed by atoms with Crippen LogP contribution in [-0.2, 0) is 18.0 Å². The maximum absolute atomic E-state index is 12.7. The number of benzene rings is 1. The Morgan fingerprint density at radius 2 is 2.12 bits per heavy atom. The highest BCUT2D eigenvalue weighted by atomic mass is 32.1. The number of rotatable bonds is 4. The highest BCUT2D eigenvalue weighted by Crippen LogP contribution is 2.35. The Hall–Kier alpha value is -2.69. The second-order valence-electron chi connectivity index (χ2n) is 5.10. The van der Waals surface area contributed by atoms with Gasteiger partial charge in [-0.15, -0.1) is 11.3 Å². The number of alkyl halides is 3. The molecular weight excluding hydrogens is 361 g/mol. The van der Waals surface area contributed by atoms with Crippen molar-refractivity contribution in [1.29, 1.82) is 0 Å². The number of hydrogen-bond acceptors (Lipinski definition) is 5. The molecule has 134 valence electrons. The first kappa shape index (κ1) is 18.6. The number of aromatic nitrogens is 1. The summed E-state index contributed by atoms with van der Waals surface area (Å²) in [4.78, 5) is 26.5. The van der Waals surface area contributed by atoms with Gasteiger partial charge in [0.15, 0.2) is 4.80 Å². The summed E-state index contributed by atoms with van der Waals surface area (Å²) in [6.07, 6.45) is -3.00. The molecule has 1 heterocycles. The fourth-order valence-electron chi connectivity index (χ4n) is 1.90. The van der Waals surface area contributed by atoms with Crippen molar-refractivity contribution in [2.75, 3.05) is 5.32 Å². The molecule has 0 radical (unpaired) electrons. The smallest absolute Gasteiger partial charge is 0.368 e. The average Bonchev–Trinajstić information content (AvgIpc) is 2.91. The van der Waals surface area contributed by atoms with E-state index < -0.39 is 34.3 Å². The molecule has 11 heteroatoms. The van der Waals surface area contributed by atoms with Crippen molar-refractivity contribution in [3.05, 3.63) is 50.3 Å². The van der Waals surface area contributed by atoms with Gasteiger partial charge in [0, 0.05) is 24.7 Å². The molecule has 1 atom stereocenters. The summed E-state index contributed by atoms with van der Waals surface area (Å²) in [5.41, 5.74) is -2.10. The normalized spacial score (nSPS) is 13.6. The van der Waals surface area contributed by atoms with E-state index >= 15 is 0 Å². The maximum Gasteiger partial charge on any atom is 0.416 e. The highest BCUT2D eigenvalue weighted by molar-refractivity contribution is 7.07. The molecule has 0 unspecified atom stereocenters. The average molecular weight is 374 g/mol. The van der Waals surface area contributed by atoms with Gasteiger partial charge in [0.2, 0.25) is 0 Å². The summed E-state index contributed by atoms with van der Waals surface area (Å²) < 4.78 is 39.7. The number of carbonyl (C=O) groups is 1. The summed E-state index contributed by atoms with van der Waals surface area (Å²) >= 11 is 1.23. The minimum absolute atomic E-state index is 0.190. The number of aryl methyl sites for hydroxylation is 1. The molecule has 0 aliphatic carbocycles. The van der Waals surface area contributed by atoms with Gasteiger partial charge >= 0.3 is 6.18 Å². The van der Waals surface area contributed by atoms with Gasteiger partial charge < -0.3 is 9.88 Å². The molecule has 0 saturated carbocycles. The van der Waals surface area contributed by atoms with Crippen LogP contribution in [-0.4, -0.2) is 21.4 Å². The van der Waals surface area contributed by atoms with Crippen molar-refractivity contribution < 1.29 is 22.9 Å². The summed E-state index contributed by atoms with van der Waals surface area (Å²) in [6.45, 7) is 1.42. The number of amides is 1. The Morgan fingerprint density at radius 3 is 2.64 bits per heavy atom. The second kappa shape index (κ2) is 7.05. The van der Waals surface area contributed by atoms with E-state index in [1.54, 1.807) is 23.2 Å². The van der Waals surface area contributed by atoms with E-state index in [9.17, 15) is 28.1 Å². The lowest BCUT2D eigenvalue weighted by Crippen LogP contribution is -2.27. The Morgan fingerprint density at radius 1 is 1.44 bits per heavy atom. The molecule has 2 rings (SSSR count). The van der Waals surface area contributed by atoms with Gasteiger partial charge in [-0.1, -0.05) is 0 Å². The molecular formula is C14H13F3N4O3S. The molecule has 2 aromatic rings. The maximum atomic E-state index is 12.7. The van der Waals surface area contributed by atoms with E-state index in [2.05, 4.69) is 10.3 Å². The molecule has 0 aliphatic rings. The van der Waals surface area contributed by atoms with Crippen LogP contribution in [0.25, 0.3) is 0 Å². The molecule has 1 aromatic carbocycles. The van der Waals surface area contributed by atoms with Crippen LogP contribution >= 0.6 is 11.3 Å². The molecule has 7 nitrogen and oxygen atoms in total. The van der Waals surface area contributed by atoms with Gasteiger partial charge in [0.05, 0.1) is 10.5 Å². The molecule has 25 heavy (non-hydrogen) atoms. The summed E-state index contributed by atoms with van der Waals surface area (Å²) in [6, 6.07) is 1.10. The van der Waals surface area contributed by atoms with Crippen LogP contribution in [0.4, 0.5) is 24.5 Å². The first-order chi connectivity index (χ1) is 11.6. The second-order valence-corrected chi connectivity index (χ2v) is 5.97. The van der Waals surface area contributed by atoms with Crippen molar-refractivity contribution >= 4 is 28.6 Å². The van der Waals surface area contributed by atoms with E-state index in [4.69, 9.17) is 0 Å². The van der Waals surface area contributed by atoms with Crippen molar-refractivity contribution in [1.82, 2.24) is 4.57 Å². The molecule has 0 aliphatic heterocycles. The zero-order chi connectivity index (χ0) is 18.8. The molecule has 0 saturated heterocycles. The first-order valence-corrected chi connectivity index (χ1v) is 7.78. The third-order valence-corrected chi connectivity index (χ3v) is 4.08. The van der Waals surface area contributed by atoms with Gasteiger partial charge in [-0.25, -0.2) is 0 Å². The van der Waals surface area contributed by atoms with Gasteiger partial charge in [-0.05, 0) is 19.1 Å². The van der Waals surface area contributed by atoms with Crippen molar-refractivity contribution in [2.45, 2.75) is 19.1 Å². The minimum atomic E-state index is -4.70. The summed E-state index contributed by atoms with van der Waals surface area (Å²) in [5, 5.41) is 15.3. The predicted octanol–water partition coefficient (Wildman–Crippen LogP) is 2.94. The molecule has 0 bridgehead atoms. The summed E-state index contributed by atoms with van der Waals surface area (Å²) in [5.74, 6) is -0.604. The third kappa shape index (κ3) is 4.44. The minimum Gasteiger partial charge on any atom is -0.368 e. The number of nitrogens with zero attached hydrogens (tertiary/aromatic N) is 3. The SMILES string of the molecule is C[C@H](Nc1ccc(C(F)(F)F)cc1[N+](=O)[O-])C(=O)N=c1sccn1C. The third-order valence-electron chi connectivity index (χ3n) is 3.23. The summed E-state index contributed by atoms with van der Waals surface area (Å²) in [7, 11) is 1.70. The Bertz CT molecular complexity index is 873. The number of nitrogens with one attached hydrogen (secondary N) is 1. The molecule has 1 aromatic heterocycles. The number of anilines is 1. The number of nitro groups is 1. The largest absolute Gasteiger partial charge is 0.416 e. The Balaban J connectivity index is 2.29. The molecule has 1 N–H and O–H groups in total. The van der Waals surface area contributed by atoms with Crippen LogP contribution in [0.2, 0.25) is 0 Å². The molecule has 0 fully saturated rings. The van der Waals surface area contributed by atoms with E-state index in [1.165, 1.54) is 18.3 Å².